The van der Waals surface area contributed by atoms with Crippen LogP contribution in [0.25, 0.3) is 0 Å². The van der Waals surface area contributed by atoms with Gasteiger partial charge in [0.2, 0.25) is 5.82 Å². The topological polar surface area (TPSA) is 90.5 Å². The average molecular weight is 284 g/mol. The van der Waals surface area contributed by atoms with E-state index in [4.69, 9.17) is 0 Å². The number of nitro groups is 1. The van der Waals surface area contributed by atoms with Crippen LogP contribution in [0.5, 0.6) is 0 Å². The van der Waals surface area contributed by atoms with Crippen molar-refractivity contribution in [1.29, 1.82) is 0 Å². The van der Waals surface area contributed by atoms with Gasteiger partial charge in [0.15, 0.2) is 0 Å². The minimum absolute atomic E-state index is 0.0554. The van der Waals surface area contributed by atoms with E-state index in [1.165, 1.54) is 11.8 Å². The van der Waals surface area contributed by atoms with E-state index in [1.54, 1.807) is 11.8 Å². The van der Waals surface area contributed by atoms with E-state index in [0.717, 1.165) is 0 Å². The number of methoxy groups -OCH3 is 1. The second kappa shape index (κ2) is 6.36. The molecule has 1 aromatic rings. The Morgan fingerprint density at radius 2 is 2.15 bits per heavy atom. The molecule has 0 unspecified atom stereocenters. The summed E-state index contributed by atoms with van der Waals surface area (Å²) in [5, 5.41) is 15.4. The lowest BCUT2D eigenvalue weighted by Crippen LogP contribution is -2.38. The highest BCUT2D eigenvalue weighted by atomic mass is 16.6. The summed E-state index contributed by atoms with van der Waals surface area (Å²) in [4.78, 5) is 24.0. The smallest absolute Gasteiger partial charge is 0.333 e. The Labute approximate surface area is 117 Å². The Balaban J connectivity index is 3.38. The normalized spacial score (nSPS) is 10.7. The molecule has 0 fully saturated rings. The van der Waals surface area contributed by atoms with Gasteiger partial charge in [-0.15, -0.1) is 0 Å². The molecule has 1 aromatic heterocycles. The maximum absolute atomic E-state index is 11.5. The molecule has 0 aliphatic heterocycles. The average Bonchev–Trinajstić information content (AvgIpc) is 2.71. The molecule has 0 amide bonds. The van der Waals surface area contributed by atoms with Crippen molar-refractivity contribution in [2.75, 3.05) is 18.6 Å². The molecule has 0 spiro atoms. The summed E-state index contributed by atoms with van der Waals surface area (Å²) in [7, 11) is 1.29. The Bertz CT molecular complexity index is 510. The van der Waals surface area contributed by atoms with Crippen LogP contribution in [0.2, 0.25) is 0 Å². The zero-order chi connectivity index (χ0) is 15.4. The van der Waals surface area contributed by atoms with E-state index < -0.39 is 10.9 Å². The van der Waals surface area contributed by atoms with Crippen LogP contribution in [-0.2, 0) is 16.1 Å². The van der Waals surface area contributed by atoms with Gasteiger partial charge in [0.25, 0.3) is 0 Å². The van der Waals surface area contributed by atoms with Crippen molar-refractivity contribution in [2.45, 2.75) is 40.3 Å². The lowest BCUT2D eigenvalue weighted by Gasteiger charge is -2.27. The van der Waals surface area contributed by atoms with Gasteiger partial charge >= 0.3 is 11.7 Å². The van der Waals surface area contributed by atoms with Gasteiger partial charge in [0.1, 0.15) is 12.2 Å². The van der Waals surface area contributed by atoms with Gasteiger partial charge in [-0.1, -0.05) is 0 Å². The van der Waals surface area contributed by atoms with Gasteiger partial charge in [-0.2, -0.15) is 5.10 Å². The molecule has 8 nitrogen and oxygen atoms in total. The summed E-state index contributed by atoms with van der Waals surface area (Å²) in [6, 6.07) is -0.103. The number of anilines is 1. The molecule has 0 atom stereocenters. The van der Waals surface area contributed by atoms with Gasteiger partial charge in [-0.05, 0) is 27.7 Å². The van der Waals surface area contributed by atoms with Crippen LogP contribution >= 0.6 is 0 Å². The zero-order valence-electron chi connectivity index (χ0n) is 12.4. The summed E-state index contributed by atoms with van der Waals surface area (Å²) in [5.41, 5.74) is 0.270. The molecule has 0 aliphatic rings. The molecule has 20 heavy (non-hydrogen) atoms. The highest BCUT2D eigenvalue weighted by molar-refractivity contribution is 5.77. The van der Waals surface area contributed by atoms with Crippen LogP contribution in [0.15, 0.2) is 0 Å². The summed E-state index contributed by atoms with van der Waals surface area (Å²) in [5.74, 6) is -0.107. The molecule has 112 valence electrons. The molecule has 0 N–H and O–H groups in total. The van der Waals surface area contributed by atoms with Crippen LogP contribution in [0.1, 0.15) is 26.5 Å². The van der Waals surface area contributed by atoms with E-state index >= 15 is 0 Å². The molecule has 0 saturated carbocycles. The predicted octanol–water partition coefficient (Wildman–Crippen LogP) is 1.51. The fourth-order valence-corrected chi connectivity index (χ4v) is 1.98. The first-order chi connectivity index (χ1) is 9.33. The third-order valence-electron chi connectivity index (χ3n) is 2.97. The Morgan fingerprint density at radius 3 is 2.55 bits per heavy atom. The van der Waals surface area contributed by atoms with Crippen molar-refractivity contribution >= 4 is 17.5 Å². The predicted molar refractivity (Wildman–Crippen MR) is 73.8 cm³/mol. The molecule has 1 rings (SSSR count). The number of ether oxygens (including phenoxy) is 1. The van der Waals surface area contributed by atoms with E-state index in [1.807, 2.05) is 20.8 Å². The molecule has 0 saturated heterocycles. The number of rotatable bonds is 6. The first-order valence-corrected chi connectivity index (χ1v) is 6.38. The Morgan fingerprint density at radius 1 is 1.55 bits per heavy atom. The summed E-state index contributed by atoms with van der Waals surface area (Å²) in [6.45, 7) is 7.57. The lowest BCUT2D eigenvalue weighted by molar-refractivity contribution is -0.384. The van der Waals surface area contributed by atoms with Gasteiger partial charge in [-0.25, -0.2) is 4.68 Å². The number of hydrogen-bond donors (Lipinski definition) is 0. The van der Waals surface area contributed by atoms with Crippen LogP contribution in [0, 0.1) is 17.0 Å². The number of aromatic nitrogens is 2. The molecular formula is C12H20N4O4. The number of nitrogens with zero attached hydrogens (tertiary/aromatic N) is 4. The fraction of sp³-hybridized carbons (Fsp3) is 0.667. The fourth-order valence-electron chi connectivity index (χ4n) is 1.98. The standard InChI is InChI=1S/C12H20N4O4/c1-6-15-12(11(16(18)19)9(4)13-15)14(8(2)3)7-10(17)20-5/h8H,6-7H2,1-5H3. The van der Waals surface area contributed by atoms with E-state index in [-0.39, 0.29) is 18.3 Å². The van der Waals surface area contributed by atoms with Crippen LogP contribution < -0.4 is 4.90 Å². The molecule has 0 bridgehead atoms. The summed E-state index contributed by atoms with van der Waals surface area (Å²) < 4.78 is 6.19. The number of carbonyl (C=O) groups excluding carboxylic acids is 1. The summed E-state index contributed by atoms with van der Waals surface area (Å²) in [6.07, 6.45) is 0. The second-order valence-corrected chi connectivity index (χ2v) is 4.63. The van der Waals surface area contributed by atoms with Crippen LogP contribution in [-0.4, -0.2) is 40.4 Å². The highest BCUT2D eigenvalue weighted by Gasteiger charge is 2.31. The third kappa shape index (κ3) is 3.06. The summed E-state index contributed by atoms with van der Waals surface area (Å²) >= 11 is 0. The largest absolute Gasteiger partial charge is 0.468 e. The van der Waals surface area contributed by atoms with Crippen molar-refractivity contribution in [3.63, 3.8) is 0 Å². The van der Waals surface area contributed by atoms with E-state index in [2.05, 4.69) is 9.84 Å². The van der Waals surface area contributed by atoms with Crippen molar-refractivity contribution < 1.29 is 14.5 Å². The van der Waals surface area contributed by atoms with Crippen molar-refractivity contribution in [3.05, 3.63) is 15.8 Å². The van der Waals surface area contributed by atoms with Gasteiger partial charge in [-0.3, -0.25) is 14.9 Å². The quantitative estimate of drug-likeness (QED) is 0.447. The highest BCUT2D eigenvalue weighted by Crippen LogP contribution is 2.32. The Kier molecular flexibility index (Phi) is 5.06. The van der Waals surface area contributed by atoms with E-state index in [0.29, 0.717) is 18.1 Å². The Hall–Kier alpha value is -2.12. The third-order valence-corrected chi connectivity index (χ3v) is 2.97. The van der Waals surface area contributed by atoms with Crippen LogP contribution in [0.3, 0.4) is 0 Å². The molecular weight excluding hydrogens is 264 g/mol. The molecule has 0 radical (unpaired) electrons. The maximum Gasteiger partial charge on any atom is 0.333 e. The molecule has 1 heterocycles. The number of carbonyl (C=O) groups is 1. The minimum atomic E-state index is -0.462. The van der Waals surface area contributed by atoms with Crippen molar-refractivity contribution in [2.24, 2.45) is 0 Å². The first kappa shape index (κ1) is 15.9. The van der Waals surface area contributed by atoms with Crippen molar-refractivity contribution in [3.8, 4) is 0 Å². The van der Waals surface area contributed by atoms with Gasteiger partial charge in [0, 0.05) is 12.6 Å². The second-order valence-electron chi connectivity index (χ2n) is 4.63. The minimum Gasteiger partial charge on any atom is -0.468 e. The maximum atomic E-state index is 11.5. The first-order valence-electron chi connectivity index (χ1n) is 6.38. The molecule has 0 aliphatic carbocycles. The van der Waals surface area contributed by atoms with E-state index in [9.17, 15) is 14.9 Å². The number of esters is 1. The SMILES string of the molecule is CCn1nc(C)c([N+](=O)[O-])c1N(CC(=O)OC)C(C)C. The molecule has 0 aromatic carbocycles. The number of aryl methyl sites for hydroxylation is 2. The van der Waals surface area contributed by atoms with Crippen LogP contribution in [0.4, 0.5) is 11.5 Å². The number of hydrogen-bond acceptors (Lipinski definition) is 6. The van der Waals surface area contributed by atoms with Crippen molar-refractivity contribution in [1.82, 2.24) is 9.78 Å². The van der Waals surface area contributed by atoms with Gasteiger partial charge in [0.05, 0.1) is 12.0 Å². The lowest BCUT2D eigenvalue weighted by atomic mass is 10.2. The molecule has 8 heteroatoms. The van der Waals surface area contributed by atoms with Gasteiger partial charge < -0.3 is 9.64 Å². The monoisotopic (exact) mass is 284 g/mol. The zero-order valence-corrected chi connectivity index (χ0v) is 12.4.